The van der Waals surface area contributed by atoms with Gasteiger partial charge in [0.1, 0.15) is 0 Å². The topological polar surface area (TPSA) is 123 Å². The molecule has 0 aliphatic carbocycles. The molecule has 0 saturated carbocycles. The van der Waals surface area contributed by atoms with E-state index in [1.165, 1.54) is 6.92 Å². The first kappa shape index (κ1) is 15.0. The number of aliphatic hydroxyl groups is 1. The van der Waals surface area contributed by atoms with Crippen molar-refractivity contribution in [3.8, 4) is 0 Å². The van der Waals surface area contributed by atoms with Crippen molar-refractivity contribution in [2.45, 2.75) is 23.9 Å². The first-order valence-electron chi connectivity index (χ1n) is 5.51. The Hall–Kier alpha value is -1.02. The summed E-state index contributed by atoms with van der Waals surface area (Å²) in [7, 11) is 0. The number of nitrogens with two attached hydrogens (primary N) is 1. The summed E-state index contributed by atoms with van der Waals surface area (Å²) in [6, 6.07) is 0. The van der Waals surface area contributed by atoms with Crippen LogP contribution in [0.2, 0.25) is 3.93 Å². The van der Waals surface area contributed by atoms with Gasteiger partial charge < -0.3 is 0 Å². The summed E-state index contributed by atoms with van der Waals surface area (Å²) >= 11 is -1.73. The molecule has 0 aromatic carbocycles. The molecule has 18 heavy (non-hydrogen) atoms. The number of aromatic nitrogens is 3. The zero-order valence-electron chi connectivity index (χ0n) is 10.4. The average molecular weight is 442 g/mol. The van der Waals surface area contributed by atoms with Gasteiger partial charge in [0, 0.05) is 0 Å². The number of carbonyl (C=O) groups is 1. The molecule has 4 N–H and O–H groups in total. The molecule has 9 heteroatoms. The summed E-state index contributed by atoms with van der Waals surface area (Å²) in [5.74, 6) is 0.722. The van der Waals surface area contributed by atoms with Gasteiger partial charge in [-0.15, -0.1) is 0 Å². The van der Waals surface area contributed by atoms with Gasteiger partial charge in [-0.3, -0.25) is 0 Å². The number of aliphatic hydroxyl groups excluding tert-OH is 1. The van der Waals surface area contributed by atoms with Crippen LogP contribution in [0.25, 0.3) is 0 Å². The summed E-state index contributed by atoms with van der Waals surface area (Å²) in [5.41, 5.74) is 5.47. The second-order valence-electron chi connectivity index (χ2n) is 3.73. The second kappa shape index (κ2) is 7.42. The average Bonchev–Trinajstić information content (AvgIpc) is 2.24. The zero-order valence-corrected chi connectivity index (χ0v) is 15.9. The van der Waals surface area contributed by atoms with Crippen molar-refractivity contribution in [2.24, 2.45) is 0 Å². The molecular weight excluding hydrogens is 427 g/mol. The molecule has 0 radical (unpaired) electrons. The van der Waals surface area contributed by atoms with Gasteiger partial charge in [-0.25, -0.2) is 0 Å². The molecule has 0 aliphatic heterocycles. The Labute approximate surface area is 117 Å². The van der Waals surface area contributed by atoms with Crippen LogP contribution in [-0.4, -0.2) is 38.7 Å². The summed E-state index contributed by atoms with van der Waals surface area (Å²) in [5, 5.41) is 12.5. The van der Waals surface area contributed by atoms with Crippen LogP contribution in [-0.2, 0) is 32.5 Å². The molecule has 96 valence electrons. The van der Waals surface area contributed by atoms with Gasteiger partial charge in [0.25, 0.3) is 0 Å². The molecule has 1 aromatic heterocycles. The van der Waals surface area contributed by atoms with E-state index in [-0.39, 0.29) is 11.9 Å². The normalized spacial score (nSPS) is 11.5. The summed E-state index contributed by atoms with van der Waals surface area (Å²) < 4.78 is 5.50. The molecule has 0 fully saturated rings. The van der Waals surface area contributed by atoms with Crippen LogP contribution in [0.15, 0.2) is 0 Å². The van der Waals surface area contributed by atoms with Gasteiger partial charge in [0.05, 0.1) is 0 Å². The van der Waals surface area contributed by atoms with Gasteiger partial charge in [-0.1, -0.05) is 0 Å². The SMILES string of the molecule is CC(=O)[O][Hg][CH2]C(O)CNc1nc(C)nc(N)n1. The number of nitrogens with zero attached hydrogens (tertiary/aromatic N) is 3. The Morgan fingerprint density at radius 1 is 1.56 bits per heavy atom. The fraction of sp³-hybridized carbons (Fsp3) is 0.556. The predicted octanol–water partition coefficient (Wildman–Crippen LogP) is -0.486. The first-order valence-corrected chi connectivity index (χ1v) is 11.6. The van der Waals surface area contributed by atoms with Crippen molar-refractivity contribution >= 4 is 17.9 Å². The van der Waals surface area contributed by atoms with Gasteiger partial charge in [0.15, 0.2) is 0 Å². The second-order valence-corrected chi connectivity index (χ2v) is 8.68. The monoisotopic (exact) mass is 443 g/mol. The van der Waals surface area contributed by atoms with Gasteiger partial charge in [-0.2, -0.15) is 0 Å². The molecule has 0 spiro atoms. The molecular formula is C9H15HgN5O3. The summed E-state index contributed by atoms with van der Waals surface area (Å²) in [6.45, 7) is 3.38. The number of anilines is 2. The molecule has 1 atom stereocenters. The molecule has 1 heterocycles. The van der Waals surface area contributed by atoms with Gasteiger partial charge >= 0.3 is 118 Å². The van der Waals surface area contributed by atoms with Crippen LogP contribution in [0.3, 0.4) is 0 Å². The van der Waals surface area contributed by atoms with E-state index >= 15 is 0 Å². The maximum absolute atomic E-state index is 10.6. The van der Waals surface area contributed by atoms with E-state index < -0.39 is 31.1 Å². The summed E-state index contributed by atoms with van der Waals surface area (Å²) in [4.78, 5) is 22.3. The number of hydrogen-bond acceptors (Lipinski definition) is 8. The van der Waals surface area contributed by atoms with Crippen molar-refractivity contribution < 1.29 is 37.6 Å². The third-order valence-electron chi connectivity index (χ3n) is 2.02. The number of rotatable bonds is 6. The van der Waals surface area contributed by atoms with Crippen LogP contribution in [0.4, 0.5) is 11.9 Å². The third-order valence-corrected chi connectivity index (χ3v) is 7.90. The number of aryl methyl sites for hydroxylation is 1. The number of carbonyl (C=O) groups excluding carboxylic acids is 1. The molecule has 0 aliphatic rings. The number of nitrogen functional groups attached to an aromatic ring is 1. The maximum atomic E-state index is 10.6. The molecule has 8 nitrogen and oxygen atoms in total. The Bertz CT molecular complexity index is 397. The standard InChI is InChI=1S/C7H12N5O.C2H4O2.Hg/c1-4(13)3-9-7-11-5(2)10-6(8)12-7;1-2(3)4;/h4,13H,1,3H2,2H3,(H3,8,9,10,11,12);1H3,(H,3,4);/q;;+1/p-1. The van der Waals surface area contributed by atoms with E-state index in [1.54, 1.807) is 6.92 Å². The van der Waals surface area contributed by atoms with E-state index in [2.05, 4.69) is 20.3 Å². The predicted molar refractivity (Wildman–Crippen MR) is 60.0 cm³/mol. The van der Waals surface area contributed by atoms with Gasteiger partial charge in [-0.05, 0) is 0 Å². The van der Waals surface area contributed by atoms with E-state index in [0.717, 1.165) is 0 Å². The van der Waals surface area contributed by atoms with E-state index in [9.17, 15) is 9.90 Å². The molecule has 1 aromatic rings. The molecule has 1 rings (SSSR count). The van der Waals surface area contributed by atoms with Crippen molar-refractivity contribution in [3.05, 3.63) is 5.82 Å². The first-order chi connectivity index (χ1) is 8.47. The van der Waals surface area contributed by atoms with Crippen molar-refractivity contribution in [1.82, 2.24) is 15.0 Å². The van der Waals surface area contributed by atoms with E-state index in [1.807, 2.05) is 0 Å². The Kier molecular flexibility index (Phi) is 6.20. The van der Waals surface area contributed by atoms with Crippen LogP contribution in [0.5, 0.6) is 0 Å². The fourth-order valence-corrected chi connectivity index (χ4v) is 4.66. The van der Waals surface area contributed by atoms with Crippen molar-refractivity contribution in [1.29, 1.82) is 0 Å². The zero-order chi connectivity index (χ0) is 13.5. The van der Waals surface area contributed by atoms with Crippen molar-refractivity contribution in [2.75, 3.05) is 17.6 Å². The van der Waals surface area contributed by atoms with Crippen LogP contribution in [0, 0.1) is 6.92 Å². The van der Waals surface area contributed by atoms with E-state index in [4.69, 9.17) is 8.38 Å². The van der Waals surface area contributed by atoms with Crippen LogP contribution < -0.4 is 11.1 Å². The third kappa shape index (κ3) is 6.06. The van der Waals surface area contributed by atoms with Crippen LogP contribution >= 0.6 is 0 Å². The number of hydrogen-bond donors (Lipinski definition) is 3. The van der Waals surface area contributed by atoms with Gasteiger partial charge in [0.2, 0.25) is 0 Å². The molecule has 0 bridgehead atoms. The van der Waals surface area contributed by atoms with Crippen LogP contribution in [0.1, 0.15) is 12.7 Å². The quantitative estimate of drug-likeness (QED) is 0.505. The Morgan fingerprint density at radius 2 is 2.28 bits per heavy atom. The van der Waals surface area contributed by atoms with Crippen molar-refractivity contribution in [3.63, 3.8) is 0 Å². The minimum atomic E-state index is -1.73. The van der Waals surface area contributed by atoms with E-state index in [0.29, 0.717) is 22.2 Å². The minimum absolute atomic E-state index is 0.138. The fourth-order valence-electron chi connectivity index (χ4n) is 1.23. The Balaban J connectivity index is 2.33. The molecule has 0 amide bonds. The Morgan fingerprint density at radius 3 is 2.89 bits per heavy atom. The summed E-state index contributed by atoms with van der Waals surface area (Å²) in [6.07, 6.45) is -0.565. The molecule has 1 unspecified atom stereocenters. The molecule has 0 saturated heterocycles. The number of nitrogens with one attached hydrogen (secondary N) is 1.